The van der Waals surface area contributed by atoms with Gasteiger partial charge < -0.3 is 11.1 Å². The van der Waals surface area contributed by atoms with Crippen molar-refractivity contribution in [1.82, 2.24) is 10.3 Å². The first-order valence-electron chi connectivity index (χ1n) is 4.77. The summed E-state index contributed by atoms with van der Waals surface area (Å²) >= 11 is 5.91. The van der Waals surface area contributed by atoms with Crippen molar-refractivity contribution in [1.29, 1.82) is 0 Å². The molecule has 0 aliphatic carbocycles. The Morgan fingerprint density at radius 1 is 1.60 bits per heavy atom. The molecule has 0 bridgehead atoms. The summed E-state index contributed by atoms with van der Waals surface area (Å²) in [6.45, 7) is 1.43. The van der Waals surface area contributed by atoms with Crippen molar-refractivity contribution in [2.75, 3.05) is 6.54 Å². The molecule has 5 heteroatoms. The molecule has 0 fully saturated rings. The van der Waals surface area contributed by atoms with Crippen LogP contribution in [0.3, 0.4) is 0 Å². The summed E-state index contributed by atoms with van der Waals surface area (Å²) in [4.78, 5) is 14.3. The van der Waals surface area contributed by atoms with Crippen LogP contribution in [0.15, 0.2) is 18.5 Å². The molecular formula is C10H14ClN3O. The monoisotopic (exact) mass is 227 g/mol. The average Bonchev–Trinajstić information content (AvgIpc) is 2.20. The van der Waals surface area contributed by atoms with E-state index in [9.17, 15) is 4.79 Å². The third-order valence-corrected chi connectivity index (χ3v) is 2.29. The normalized spacial score (nSPS) is 10.2. The van der Waals surface area contributed by atoms with Gasteiger partial charge in [-0.15, -0.1) is 0 Å². The Morgan fingerprint density at radius 3 is 3.07 bits per heavy atom. The van der Waals surface area contributed by atoms with Crippen molar-refractivity contribution < 1.29 is 4.79 Å². The van der Waals surface area contributed by atoms with Crippen LogP contribution in [0.25, 0.3) is 0 Å². The number of carbonyl (C=O) groups excluding carboxylic acids is 1. The van der Waals surface area contributed by atoms with Gasteiger partial charge in [0.1, 0.15) is 0 Å². The Balaban J connectivity index is 2.21. The van der Waals surface area contributed by atoms with Crippen molar-refractivity contribution in [2.45, 2.75) is 19.4 Å². The topological polar surface area (TPSA) is 68.0 Å². The van der Waals surface area contributed by atoms with Gasteiger partial charge in [-0.3, -0.25) is 9.78 Å². The van der Waals surface area contributed by atoms with Crippen LogP contribution < -0.4 is 11.1 Å². The summed E-state index contributed by atoms with van der Waals surface area (Å²) in [6, 6.07) is 1.86. The highest BCUT2D eigenvalue weighted by Crippen LogP contribution is 2.12. The molecule has 0 spiro atoms. The smallest absolute Gasteiger partial charge is 0.217 e. The van der Waals surface area contributed by atoms with Crippen molar-refractivity contribution in [3.05, 3.63) is 29.0 Å². The van der Waals surface area contributed by atoms with Gasteiger partial charge >= 0.3 is 0 Å². The van der Waals surface area contributed by atoms with Gasteiger partial charge in [0.25, 0.3) is 0 Å². The van der Waals surface area contributed by atoms with E-state index < -0.39 is 0 Å². The molecule has 0 aromatic carbocycles. The fourth-order valence-electron chi connectivity index (χ4n) is 1.16. The largest absolute Gasteiger partial charge is 0.370 e. The van der Waals surface area contributed by atoms with Gasteiger partial charge in [-0.2, -0.15) is 0 Å². The van der Waals surface area contributed by atoms with E-state index >= 15 is 0 Å². The molecule has 1 rings (SSSR count). The fraction of sp³-hybridized carbons (Fsp3) is 0.400. The Hall–Kier alpha value is -1.13. The second-order valence-corrected chi connectivity index (χ2v) is 3.62. The molecule has 0 aliphatic rings. The first-order chi connectivity index (χ1) is 7.20. The number of rotatable bonds is 6. The van der Waals surface area contributed by atoms with Crippen LogP contribution in [0, 0.1) is 0 Å². The number of amides is 1. The lowest BCUT2D eigenvalue weighted by molar-refractivity contribution is -0.118. The zero-order valence-electron chi connectivity index (χ0n) is 8.37. The number of nitrogens with one attached hydrogen (secondary N) is 1. The molecule has 15 heavy (non-hydrogen) atoms. The number of nitrogens with zero attached hydrogens (tertiary/aromatic N) is 1. The summed E-state index contributed by atoms with van der Waals surface area (Å²) in [7, 11) is 0. The third kappa shape index (κ3) is 4.76. The van der Waals surface area contributed by atoms with E-state index in [0.717, 1.165) is 18.5 Å². The van der Waals surface area contributed by atoms with E-state index in [-0.39, 0.29) is 5.91 Å². The number of halogens is 1. The van der Waals surface area contributed by atoms with Gasteiger partial charge in [0.05, 0.1) is 5.02 Å². The van der Waals surface area contributed by atoms with Gasteiger partial charge in [-0.25, -0.2) is 0 Å². The number of hydrogen-bond acceptors (Lipinski definition) is 3. The number of nitrogens with two attached hydrogens (primary N) is 1. The minimum absolute atomic E-state index is 0.265. The van der Waals surface area contributed by atoms with Crippen LogP contribution >= 0.6 is 11.6 Å². The van der Waals surface area contributed by atoms with Gasteiger partial charge in [0.15, 0.2) is 0 Å². The molecule has 1 amide bonds. The summed E-state index contributed by atoms with van der Waals surface area (Å²) < 4.78 is 0. The highest BCUT2D eigenvalue weighted by Gasteiger charge is 1.99. The van der Waals surface area contributed by atoms with Crippen LogP contribution in [0.5, 0.6) is 0 Å². The molecule has 0 saturated heterocycles. The second-order valence-electron chi connectivity index (χ2n) is 3.21. The second kappa shape index (κ2) is 6.37. The molecule has 0 aliphatic heterocycles. The minimum atomic E-state index is -0.265. The quantitative estimate of drug-likeness (QED) is 0.715. The lowest BCUT2D eigenvalue weighted by Gasteiger charge is -2.05. The van der Waals surface area contributed by atoms with E-state index in [1.54, 1.807) is 12.4 Å². The predicted octanol–water partition coefficient (Wildman–Crippen LogP) is 1.09. The van der Waals surface area contributed by atoms with Crippen LogP contribution in [-0.2, 0) is 11.3 Å². The zero-order valence-corrected chi connectivity index (χ0v) is 9.13. The Kier molecular flexibility index (Phi) is 5.07. The first kappa shape index (κ1) is 11.9. The molecular weight excluding hydrogens is 214 g/mol. The van der Waals surface area contributed by atoms with E-state index in [0.29, 0.717) is 18.0 Å². The van der Waals surface area contributed by atoms with Crippen molar-refractivity contribution in [2.24, 2.45) is 5.73 Å². The first-order valence-corrected chi connectivity index (χ1v) is 5.15. The van der Waals surface area contributed by atoms with Crippen molar-refractivity contribution in [3.63, 3.8) is 0 Å². The number of pyridine rings is 1. The Labute approximate surface area is 93.8 Å². The van der Waals surface area contributed by atoms with Gasteiger partial charge in [0, 0.05) is 25.4 Å². The van der Waals surface area contributed by atoms with Crippen molar-refractivity contribution in [3.8, 4) is 0 Å². The number of aromatic nitrogens is 1. The number of carbonyl (C=O) groups is 1. The summed E-state index contributed by atoms with van der Waals surface area (Å²) in [5, 5.41) is 3.83. The number of primary amides is 1. The van der Waals surface area contributed by atoms with Crippen LogP contribution in [0.1, 0.15) is 18.4 Å². The van der Waals surface area contributed by atoms with E-state index in [1.807, 2.05) is 6.07 Å². The highest BCUT2D eigenvalue weighted by molar-refractivity contribution is 6.31. The van der Waals surface area contributed by atoms with Gasteiger partial charge in [-0.1, -0.05) is 11.6 Å². The van der Waals surface area contributed by atoms with E-state index in [1.165, 1.54) is 0 Å². The predicted molar refractivity (Wildman–Crippen MR) is 59.4 cm³/mol. The molecule has 1 heterocycles. The van der Waals surface area contributed by atoms with Crippen LogP contribution in [0.4, 0.5) is 0 Å². The van der Waals surface area contributed by atoms with E-state index in [2.05, 4.69) is 10.3 Å². The molecule has 1 aromatic heterocycles. The summed E-state index contributed by atoms with van der Waals surface area (Å²) in [5.74, 6) is -0.265. The molecule has 1 aromatic rings. The van der Waals surface area contributed by atoms with Crippen molar-refractivity contribution >= 4 is 17.5 Å². The Bertz CT molecular complexity index is 330. The maximum Gasteiger partial charge on any atom is 0.217 e. The molecule has 0 saturated carbocycles. The van der Waals surface area contributed by atoms with Gasteiger partial charge in [-0.05, 0) is 24.6 Å². The maximum atomic E-state index is 10.5. The molecule has 0 atom stereocenters. The Morgan fingerprint density at radius 2 is 2.40 bits per heavy atom. The molecule has 4 nitrogen and oxygen atoms in total. The van der Waals surface area contributed by atoms with E-state index in [4.69, 9.17) is 17.3 Å². The van der Waals surface area contributed by atoms with Crippen LogP contribution in [0.2, 0.25) is 5.02 Å². The SMILES string of the molecule is NC(=O)CCCNCc1ccncc1Cl. The zero-order chi connectivity index (χ0) is 11.1. The van der Waals surface area contributed by atoms with Gasteiger partial charge in [0.2, 0.25) is 5.91 Å². The summed E-state index contributed by atoms with van der Waals surface area (Å²) in [5.41, 5.74) is 6.02. The summed E-state index contributed by atoms with van der Waals surface area (Å²) in [6.07, 6.45) is 4.48. The highest BCUT2D eigenvalue weighted by atomic mass is 35.5. The maximum absolute atomic E-state index is 10.5. The number of hydrogen-bond donors (Lipinski definition) is 2. The fourth-order valence-corrected chi connectivity index (χ4v) is 1.34. The molecule has 0 radical (unpaired) electrons. The lowest BCUT2D eigenvalue weighted by Crippen LogP contribution is -2.18. The minimum Gasteiger partial charge on any atom is -0.370 e. The molecule has 82 valence electrons. The lowest BCUT2D eigenvalue weighted by atomic mass is 10.2. The van der Waals surface area contributed by atoms with Crippen LogP contribution in [-0.4, -0.2) is 17.4 Å². The average molecular weight is 228 g/mol. The standard InChI is InChI=1S/C10H14ClN3O/c11-9-7-14-5-3-8(9)6-13-4-1-2-10(12)15/h3,5,7,13H,1-2,4,6H2,(H2,12,15). The molecule has 3 N–H and O–H groups in total. The molecule has 0 unspecified atom stereocenters. The third-order valence-electron chi connectivity index (χ3n) is 1.95.